The maximum Gasteiger partial charge on any atom is 0.303 e. The molecule has 100 valence electrons. The summed E-state index contributed by atoms with van der Waals surface area (Å²) in [5, 5.41) is 17.6. The first-order chi connectivity index (χ1) is 9.04. The predicted octanol–water partition coefficient (Wildman–Crippen LogP) is 3.19. The minimum atomic E-state index is -0.768. The zero-order valence-electron chi connectivity index (χ0n) is 10.4. The van der Waals surface area contributed by atoms with Gasteiger partial charge in [0.15, 0.2) is 0 Å². The van der Waals surface area contributed by atoms with Gasteiger partial charge in [-0.2, -0.15) is 17.0 Å². The summed E-state index contributed by atoms with van der Waals surface area (Å²) in [6.07, 6.45) is 2.07. The SMILES string of the molecule is N#Cc1ccc(F)c(CSCC2(CC(=O)O)CC2)c1. The molecule has 0 amide bonds. The van der Waals surface area contributed by atoms with Crippen molar-refractivity contribution < 1.29 is 14.3 Å². The van der Waals surface area contributed by atoms with E-state index < -0.39 is 5.97 Å². The van der Waals surface area contributed by atoms with E-state index in [-0.39, 0.29) is 17.7 Å². The monoisotopic (exact) mass is 279 g/mol. The number of benzene rings is 1. The summed E-state index contributed by atoms with van der Waals surface area (Å²) in [5.74, 6) is 0.128. The van der Waals surface area contributed by atoms with Gasteiger partial charge >= 0.3 is 5.97 Å². The van der Waals surface area contributed by atoms with Crippen molar-refractivity contribution in [1.29, 1.82) is 5.26 Å². The third kappa shape index (κ3) is 3.71. The van der Waals surface area contributed by atoms with Crippen molar-refractivity contribution in [2.24, 2.45) is 5.41 Å². The summed E-state index contributed by atoms with van der Waals surface area (Å²) in [4.78, 5) is 10.7. The second kappa shape index (κ2) is 5.62. The molecule has 1 aliphatic carbocycles. The smallest absolute Gasteiger partial charge is 0.303 e. The molecular weight excluding hydrogens is 265 g/mol. The summed E-state index contributed by atoms with van der Waals surface area (Å²) < 4.78 is 13.5. The molecular formula is C14H14FNO2S. The van der Waals surface area contributed by atoms with Gasteiger partial charge in [0.05, 0.1) is 18.1 Å². The van der Waals surface area contributed by atoms with Crippen molar-refractivity contribution in [1.82, 2.24) is 0 Å². The minimum Gasteiger partial charge on any atom is -0.481 e. The van der Waals surface area contributed by atoms with Crippen LogP contribution in [-0.2, 0) is 10.5 Å². The highest BCUT2D eigenvalue weighted by Crippen LogP contribution is 2.51. The Hall–Kier alpha value is -1.54. The Morgan fingerprint density at radius 3 is 2.84 bits per heavy atom. The lowest BCUT2D eigenvalue weighted by Gasteiger charge is -2.12. The topological polar surface area (TPSA) is 61.1 Å². The Morgan fingerprint density at radius 2 is 2.26 bits per heavy atom. The molecule has 2 rings (SSSR count). The van der Waals surface area contributed by atoms with Crippen LogP contribution in [0, 0.1) is 22.6 Å². The first-order valence-electron chi connectivity index (χ1n) is 6.03. The number of rotatable bonds is 6. The highest BCUT2D eigenvalue weighted by Gasteiger charge is 2.44. The molecule has 3 nitrogen and oxygen atoms in total. The first-order valence-corrected chi connectivity index (χ1v) is 7.18. The van der Waals surface area contributed by atoms with E-state index in [2.05, 4.69) is 0 Å². The Morgan fingerprint density at radius 1 is 1.53 bits per heavy atom. The predicted molar refractivity (Wildman–Crippen MR) is 71.2 cm³/mol. The van der Waals surface area contributed by atoms with Crippen LogP contribution in [0.3, 0.4) is 0 Å². The van der Waals surface area contributed by atoms with Gasteiger partial charge in [-0.25, -0.2) is 4.39 Å². The van der Waals surface area contributed by atoms with Crippen LogP contribution in [0.4, 0.5) is 4.39 Å². The second-order valence-corrected chi connectivity index (χ2v) is 5.97. The van der Waals surface area contributed by atoms with Crippen molar-refractivity contribution in [3.63, 3.8) is 0 Å². The number of hydrogen-bond acceptors (Lipinski definition) is 3. The van der Waals surface area contributed by atoms with Crippen molar-refractivity contribution in [2.45, 2.75) is 25.0 Å². The molecule has 1 aliphatic rings. The lowest BCUT2D eigenvalue weighted by atomic mass is 10.1. The van der Waals surface area contributed by atoms with Crippen LogP contribution in [0.25, 0.3) is 0 Å². The molecule has 0 radical (unpaired) electrons. The van der Waals surface area contributed by atoms with E-state index in [9.17, 15) is 9.18 Å². The van der Waals surface area contributed by atoms with E-state index in [0.717, 1.165) is 18.6 Å². The largest absolute Gasteiger partial charge is 0.481 e. The molecule has 1 aromatic carbocycles. The third-order valence-electron chi connectivity index (χ3n) is 3.32. The van der Waals surface area contributed by atoms with Crippen LogP contribution in [0.5, 0.6) is 0 Å². The van der Waals surface area contributed by atoms with Gasteiger partial charge < -0.3 is 5.11 Å². The Bertz CT molecular complexity index is 535. The van der Waals surface area contributed by atoms with E-state index >= 15 is 0 Å². The summed E-state index contributed by atoms with van der Waals surface area (Å²) in [6, 6.07) is 6.30. The molecule has 0 aliphatic heterocycles. The fourth-order valence-electron chi connectivity index (χ4n) is 2.00. The molecule has 1 aromatic rings. The summed E-state index contributed by atoms with van der Waals surface area (Å²) in [7, 11) is 0. The van der Waals surface area contributed by atoms with Gasteiger partial charge in [-0.05, 0) is 47.8 Å². The molecule has 0 atom stereocenters. The van der Waals surface area contributed by atoms with E-state index in [1.54, 1.807) is 6.07 Å². The van der Waals surface area contributed by atoms with E-state index in [1.165, 1.54) is 23.9 Å². The normalized spacial score (nSPS) is 15.8. The molecule has 0 unspecified atom stereocenters. The number of carboxylic acids is 1. The van der Waals surface area contributed by atoms with Crippen molar-refractivity contribution in [3.8, 4) is 6.07 Å². The molecule has 0 bridgehead atoms. The van der Waals surface area contributed by atoms with Crippen LogP contribution in [0.15, 0.2) is 18.2 Å². The zero-order chi connectivity index (χ0) is 13.9. The standard InChI is InChI=1S/C14H14FNO2S/c15-12-2-1-10(7-16)5-11(12)8-19-9-14(3-4-14)6-13(17)18/h1-2,5H,3-4,6,8-9H2,(H,17,18). The van der Waals surface area contributed by atoms with Crippen LogP contribution in [0.2, 0.25) is 0 Å². The van der Waals surface area contributed by atoms with Crippen LogP contribution < -0.4 is 0 Å². The highest BCUT2D eigenvalue weighted by atomic mass is 32.2. The lowest BCUT2D eigenvalue weighted by molar-refractivity contribution is -0.138. The first kappa shape index (κ1) is 13.9. The van der Waals surface area contributed by atoms with Gasteiger partial charge in [0.1, 0.15) is 5.82 Å². The third-order valence-corrected chi connectivity index (χ3v) is 4.66. The number of nitriles is 1. The minimum absolute atomic E-state index is 0.0835. The van der Waals surface area contributed by atoms with Gasteiger partial charge in [-0.1, -0.05) is 0 Å². The number of halogens is 1. The average molecular weight is 279 g/mol. The summed E-state index contributed by atoms with van der Waals surface area (Å²) in [5.41, 5.74) is 0.874. The van der Waals surface area contributed by atoms with E-state index in [0.29, 0.717) is 16.9 Å². The number of carboxylic acid groups (broad SMARTS) is 1. The average Bonchev–Trinajstić information content (AvgIpc) is 3.10. The lowest BCUT2D eigenvalue weighted by Crippen LogP contribution is -2.11. The number of thioether (sulfide) groups is 1. The number of carbonyl (C=O) groups is 1. The zero-order valence-corrected chi connectivity index (χ0v) is 11.2. The highest BCUT2D eigenvalue weighted by molar-refractivity contribution is 7.98. The molecule has 1 N–H and O–H groups in total. The van der Waals surface area contributed by atoms with Gasteiger partial charge in [-0.15, -0.1) is 0 Å². The van der Waals surface area contributed by atoms with Crippen molar-refractivity contribution >= 4 is 17.7 Å². The second-order valence-electron chi connectivity index (χ2n) is 4.98. The maximum absolute atomic E-state index is 13.5. The van der Waals surface area contributed by atoms with E-state index in [1.807, 2.05) is 6.07 Å². The number of aliphatic carboxylic acids is 1. The molecule has 0 saturated heterocycles. The van der Waals surface area contributed by atoms with Crippen LogP contribution >= 0.6 is 11.8 Å². The van der Waals surface area contributed by atoms with Crippen molar-refractivity contribution in [3.05, 3.63) is 35.1 Å². The number of nitrogens with zero attached hydrogens (tertiary/aromatic N) is 1. The summed E-state index contributed by atoms with van der Waals surface area (Å²) >= 11 is 1.54. The molecule has 0 aromatic heterocycles. The van der Waals surface area contributed by atoms with Gasteiger partial charge in [0.2, 0.25) is 0 Å². The Labute approximate surface area is 115 Å². The molecule has 19 heavy (non-hydrogen) atoms. The maximum atomic E-state index is 13.5. The molecule has 1 fully saturated rings. The van der Waals surface area contributed by atoms with Gasteiger partial charge in [0, 0.05) is 5.75 Å². The van der Waals surface area contributed by atoms with E-state index in [4.69, 9.17) is 10.4 Å². The Balaban J connectivity index is 1.90. The summed E-state index contributed by atoms with van der Waals surface area (Å²) in [6.45, 7) is 0. The van der Waals surface area contributed by atoms with Gasteiger partial charge in [0.25, 0.3) is 0 Å². The Kier molecular flexibility index (Phi) is 4.11. The number of hydrogen-bond donors (Lipinski definition) is 1. The van der Waals surface area contributed by atoms with Crippen LogP contribution in [0.1, 0.15) is 30.4 Å². The quantitative estimate of drug-likeness (QED) is 0.868. The van der Waals surface area contributed by atoms with Crippen molar-refractivity contribution in [2.75, 3.05) is 5.75 Å². The fourth-order valence-corrected chi connectivity index (χ4v) is 3.37. The fraction of sp³-hybridized carbons (Fsp3) is 0.429. The molecule has 0 spiro atoms. The molecule has 1 saturated carbocycles. The molecule has 5 heteroatoms. The van der Waals surface area contributed by atoms with Crippen LogP contribution in [-0.4, -0.2) is 16.8 Å². The van der Waals surface area contributed by atoms with Gasteiger partial charge in [-0.3, -0.25) is 4.79 Å². The molecule has 0 heterocycles.